The van der Waals surface area contributed by atoms with Gasteiger partial charge in [-0.3, -0.25) is 4.79 Å². The summed E-state index contributed by atoms with van der Waals surface area (Å²) in [4.78, 5) is 11.9. The summed E-state index contributed by atoms with van der Waals surface area (Å²) in [6, 6.07) is 4.92. The van der Waals surface area contributed by atoms with Crippen molar-refractivity contribution >= 4 is 21.6 Å². The first kappa shape index (κ1) is 15.6. The topological polar surface area (TPSA) is 115 Å². The number of hydrogen-bond donors (Lipinski definition) is 3. The van der Waals surface area contributed by atoms with Crippen molar-refractivity contribution in [1.29, 1.82) is 0 Å². The van der Waals surface area contributed by atoms with Crippen LogP contribution in [0, 0.1) is 5.41 Å². The van der Waals surface area contributed by atoms with Crippen molar-refractivity contribution in [2.75, 3.05) is 5.32 Å². The third kappa shape index (κ3) is 4.30. The Bertz CT molecular complexity index is 559. The highest BCUT2D eigenvalue weighted by molar-refractivity contribution is 7.89. The minimum atomic E-state index is -3.73. The molecule has 0 bridgehead atoms. The monoisotopic (exact) mass is 285 g/mol. The van der Waals surface area contributed by atoms with E-state index in [-0.39, 0.29) is 16.2 Å². The maximum Gasteiger partial charge on any atom is 0.241 e. The van der Waals surface area contributed by atoms with E-state index in [2.05, 4.69) is 5.32 Å². The van der Waals surface area contributed by atoms with Crippen molar-refractivity contribution in [3.05, 3.63) is 24.3 Å². The van der Waals surface area contributed by atoms with Gasteiger partial charge in [-0.2, -0.15) is 0 Å². The summed E-state index contributed by atoms with van der Waals surface area (Å²) in [6.07, 6.45) is 0. The van der Waals surface area contributed by atoms with E-state index >= 15 is 0 Å². The number of carbonyl (C=O) groups excluding carboxylic acids is 1. The molecular formula is C12H19N3O3S. The molecule has 0 unspecified atom stereocenters. The lowest BCUT2D eigenvalue weighted by Crippen LogP contribution is -2.45. The largest absolute Gasteiger partial charge is 0.325 e. The van der Waals surface area contributed by atoms with Crippen LogP contribution in [0.2, 0.25) is 0 Å². The number of rotatable bonds is 3. The van der Waals surface area contributed by atoms with E-state index in [0.717, 1.165) is 0 Å². The number of anilines is 1. The Morgan fingerprint density at radius 1 is 1.21 bits per heavy atom. The number of sulfonamides is 1. The summed E-state index contributed by atoms with van der Waals surface area (Å²) in [5.74, 6) is -0.323. The van der Waals surface area contributed by atoms with Crippen LogP contribution in [0.1, 0.15) is 20.8 Å². The van der Waals surface area contributed by atoms with Crippen LogP contribution in [-0.4, -0.2) is 20.4 Å². The molecule has 0 saturated carbocycles. The average Bonchev–Trinajstić information content (AvgIpc) is 2.26. The third-order valence-corrected chi connectivity index (χ3v) is 3.60. The van der Waals surface area contributed by atoms with Crippen LogP contribution in [0.4, 0.5) is 5.69 Å². The van der Waals surface area contributed by atoms with Crippen molar-refractivity contribution in [1.82, 2.24) is 0 Å². The highest BCUT2D eigenvalue weighted by Gasteiger charge is 2.27. The highest BCUT2D eigenvalue weighted by Crippen LogP contribution is 2.19. The molecule has 6 nitrogen and oxygen atoms in total. The molecule has 0 aliphatic carbocycles. The fourth-order valence-electron chi connectivity index (χ4n) is 1.34. The summed E-state index contributed by atoms with van der Waals surface area (Å²) in [5.41, 5.74) is 5.93. The molecule has 1 amide bonds. The van der Waals surface area contributed by atoms with Gasteiger partial charge in [0.25, 0.3) is 0 Å². The molecule has 0 saturated heterocycles. The lowest BCUT2D eigenvalue weighted by atomic mass is 9.87. The molecule has 0 aliphatic rings. The molecular weight excluding hydrogens is 266 g/mol. The van der Waals surface area contributed by atoms with Gasteiger partial charge in [0.2, 0.25) is 15.9 Å². The van der Waals surface area contributed by atoms with Crippen LogP contribution in [-0.2, 0) is 14.8 Å². The second kappa shape index (κ2) is 5.28. The second-order valence-corrected chi connectivity index (χ2v) is 6.96. The normalized spacial score (nSPS) is 13.9. The van der Waals surface area contributed by atoms with Gasteiger partial charge in [-0.15, -0.1) is 0 Å². The molecule has 1 aromatic carbocycles. The van der Waals surface area contributed by atoms with E-state index < -0.39 is 16.1 Å². The second-order valence-electron chi connectivity index (χ2n) is 5.40. The summed E-state index contributed by atoms with van der Waals surface area (Å²) < 4.78 is 22.2. The van der Waals surface area contributed by atoms with E-state index in [4.69, 9.17) is 10.9 Å². The quantitative estimate of drug-likeness (QED) is 0.756. The predicted molar refractivity (Wildman–Crippen MR) is 73.9 cm³/mol. The SMILES string of the molecule is CC(C)(C)[C@H](N)C(=O)Nc1ccc(S(N)(=O)=O)cc1. The first-order valence-corrected chi connectivity index (χ1v) is 7.26. The van der Waals surface area contributed by atoms with Crippen LogP contribution in [0.15, 0.2) is 29.2 Å². The Balaban J connectivity index is 2.82. The maximum atomic E-state index is 11.9. The number of nitrogens with one attached hydrogen (secondary N) is 1. The molecule has 0 aliphatic heterocycles. The standard InChI is InChI=1S/C12H19N3O3S/c1-12(2,3)10(13)11(16)15-8-4-6-9(7-5-8)19(14,17)18/h4-7,10H,13H2,1-3H3,(H,15,16)(H2,14,17,18)/t10-/m1/s1. The molecule has 0 fully saturated rings. The van der Waals surface area contributed by atoms with Gasteiger partial charge in [-0.1, -0.05) is 20.8 Å². The summed E-state index contributed by atoms with van der Waals surface area (Å²) in [7, 11) is -3.73. The van der Waals surface area contributed by atoms with Crippen molar-refractivity contribution in [3.63, 3.8) is 0 Å². The zero-order valence-electron chi connectivity index (χ0n) is 11.2. The lowest BCUT2D eigenvalue weighted by Gasteiger charge is -2.25. The fourth-order valence-corrected chi connectivity index (χ4v) is 1.86. The molecule has 0 heterocycles. The number of amides is 1. The van der Waals surface area contributed by atoms with Crippen molar-refractivity contribution in [2.24, 2.45) is 16.3 Å². The first-order chi connectivity index (χ1) is 8.51. The van der Waals surface area contributed by atoms with E-state index in [1.54, 1.807) is 0 Å². The average molecular weight is 285 g/mol. The van der Waals surface area contributed by atoms with Gasteiger partial charge in [-0.05, 0) is 29.7 Å². The van der Waals surface area contributed by atoms with Crippen molar-refractivity contribution < 1.29 is 13.2 Å². The molecule has 0 aromatic heterocycles. The van der Waals surface area contributed by atoms with Gasteiger partial charge >= 0.3 is 0 Å². The van der Waals surface area contributed by atoms with Crippen LogP contribution in [0.5, 0.6) is 0 Å². The summed E-state index contributed by atoms with van der Waals surface area (Å²) in [5, 5.41) is 7.61. The predicted octanol–water partition coefficient (Wildman–Crippen LogP) is 0.646. The molecule has 5 N–H and O–H groups in total. The van der Waals surface area contributed by atoms with Gasteiger partial charge in [0, 0.05) is 5.69 Å². The van der Waals surface area contributed by atoms with Gasteiger partial charge in [-0.25, -0.2) is 13.6 Å². The number of primary sulfonamides is 1. The third-order valence-electron chi connectivity index (χ3n) is 2.67. The Labute approximate surface area is 113 Å². The maximum absolute atomic E-state index is 11.9. The smallest absolute Gasteiger partial charge is 0.241 e. The van der Waals surface area contributed by atoms with Gasteiger partial charge in [0.1, 0.15) is 0 Å². The lowest BCUT2D eigenvalue weighted by molar-refractivity contribution is -0.119. The Morgan fingerprint density at radius 3 is 2.05 bits per heavy atom. The van der Waals surface area contributed by atoms with Crippen LogP contribution < -0.4 is 16.2 Å². The Morgan fingerprint density at radius 2 is 1.68 bits per heavy atom. The minimum Gasteiger partial charge on any atom is -0.325 e. The van der Waals surface area contributed by atoms with Crippen molar-refractivity contribution in [2.45, 2.75) is 31.7 Å². The van der Waals surface area contributed by atoms with E-state index in [9.17, 15) is 13.2 Å². The number of benzene rings is 1. The molecule has 0 spiro atoms. The van der Waals surface area contributed by atoms with E-state index in [1.807, 2.05) is 20.8 Å². The number of nitrogens with two attached hydrogens (primary N) is 2. The first-order valence-electron chi connectivity index (χ1n) is 5.71. The Hall–Kier alpha value is -1.44. The number of carbonyl (C=O) groups is 1. The van der Waals surface area contributed by atoms with Crippen LogP contribution in [0.25, 0.3) is 0 Å². The zero-order chi connectivity index (χ0) is 14.8. The van der Waals surface area contributed by atoms with Gasteiger partial charge in [0.15, 0.2) is 0 Å². The summed E-state index contributed by atoms with van der Waals surface area (Å²) >= 11 is 0. The molecule has 19 heavy (non-hydrogen) atoms. The molecule has 1 atom stereocenters. The number of hydrogen-bond acceptors (Lipinski definition) is 4. The van der Waals surface area contributed by atoms with E-state index in [1.165, 1.54) is 24.3 Å². The van der Waals surface area contributed by atoms with Gasteiger partial charge in [0.05, 0.1) is 10.9 Å². The van der Waals surface area contributed by atoms with Crippen molar-refractivity contribution in [3.8, 4) is 0 Å². The van der Waals surface area contributed by atoms with Crippen LogP contribution in [0.3, 0.4) is 0 Å². The molecule has 7 heteroatoms. The molecule has 1 rings (SSSR count). The molecule has 0 radical (unpaired) electrons. The van der Waals surface area contributed by atoms with E-state index in [0.29, 0.717) is 5.69 Å². The zero-order valence-corrected chi connectivity index (χ0v) is 12.0. The minimum absolute atomic E-state index is 0.00869. The highest BCUT2D eigenvalue weighted by atomic mass is 32.2. The fraction of sp³-hybridized carbons (Fsp3) is 0.417. The molecule has 1 aromatic rings. The summed E-state index contributed by atoms with van der Waals surface area (Å²) in [6.45, 7) is 5.59. The Kier molecular flexibility index (Phi) is 4.34. The van der Waals surface area contributed by atoms with Gasteiger partial charge < -0.3 is 11.1 Å². The molecule has 106 valence electrons. The van der Waals surface area contributed by atoms with Crippen LogP contribution >= 0.6 is 0 Å².